The van der Waals surface area contributed by atoms with Gasteiger partial charge in [-0.2, -0.15) is 0 Å². The molecule has 5 heteroatoms. The van der Waals surface area contributed by atoms with Crippen molar-refractivity contribution in [1.29, 1.82) is 0 Å². The Morgan fingerprint density at radius 3 is 2.48 bits per heavy atom. The monoisotopic (exact) mass is 285 g/mol. The van der Waals surface area contributed by atoms with E-state index in [2.05, 4.69) is 27.7 Å². The van der Waals surface area contributed by atoms with Crippen LogP contribution >= 0.6 is 0 Å². The first-order chi connectivity index (χ1) is 10.1. The fourth-order valence-electron chi connectivity index (χ4n) is 2.81. The third-order valence-corrected chi connectivity index (χ3v) is 3.99. The van der Waals surface area contributed by atoms with Crippen molar-refractivity contribution >= 4 is 23.7 Å². The molecule has 5 nitrogen and oxygen atoms in total. The summed E-state index contributed by atoms with van der Waals surface area (Å²) < 4.78 is 0. The molecule has 3 amide bonds. The molecule has 3 rings (SSSR count). The highest BCUT2D eigenvalue weighted by Gasteiger charge is 2.23. The van der Waals surface area contributed by atoms with Gasteiger partial charge in [0.25, 0.3) is 5.91 Å². The van der Waals surface area contributed by atoms with Gasteiger partial charge < -0.3 is 10.2 Å². The molecular weight excluding hydrogens is 266 g/mol. The van der Waals surface area contributed by atoms with Crippen LogP contribution in [-0.2, 0) is 4.79 Å². The lowest BCUT2D eigenvalue weighted by molar-refractivity contribution is -0.115. The summed E-state index contributed by atoms with van der Waals surface area (Å²) in [5, 5.41) is 4.71. The number of benzene rings is 1. The quantitative estimate of drug-likeness (QED) is 0.646. The van der Waals surface area contributed by atoms with Crippen LogP contribution in [0.3, 0.4) is 0 Å². The minimum Gasteiger partial charge on any atom is -0.372 e. The van der Waals surface area contributed by atoms with Crippen molar-refractivity contribution in [3.8, 4) is 0 Å². The van der Waals surface area contributed by atoms with Gasteiger partial charge in [0.05, 0.1) is 0 Å². The van der Waals surface area contributed by atoms with E-state index >= 15 is 0 Å². The first-order valence-corrected chi connectivity index (χ1v) is 7.33. The van der Waals surface area contributed by atoms with E-state index in [4.69, 9.17) is 0 Å². The molecule has 2 saturated heterocycles. The second-order valence-electron chi connectivity index (χ2n) is 5.55. The van der Waals surface area contributed by atoms with Crippen molar-refractivity contribution in [3.63, 3.8) is 0 Å². The van der Waals surface area contributed by atoms with E-state index in [9.17, 15) is 9.59 Å². The molecule has 0 aromatic heterocycles. The zero-order valence-electron chi connectivity index (χ0n) is 12.1. The second kappa shape index (κ2) is 5.60. The SMILES string of the molecule is Cc1cc(N2CCCCC2)ccc1C=C1NC(=O)NC1=O. The summed E-state index contributed by atoms with van der Waals surface area (Å²) in [5.74, 6) is -0.375. The van der Waals surface area contributed by atoms with Crippen LogP contribution in [-0.4, -0.2) is 25.0 Å². The van der Waals surface area contributed by atoms with Crippen molar-refractivity contribution in [2.45, 2.75) is 26.2 Å². The number of hydrogen-bond donors (Lipinski definition) is 2. The highest BCUT2D eigenvalue weighted by Crippen LogP contribution is 2.24. The number of hydrogen-bond acceptors (Lipinski definition) is 3. The Hall–Kier alpha value is -2.30. The number of imide groups is 1. The third kappa shape index (κ3) is 2.91. The van der Waals surface area contributed by atoms with Crippen molar-refractivity contribution in [2.75, 3.05) is 18.0 Å². The zero-order valence-corrected chi connectivity index (χ0v) is 12.1. The van der Waals surface area contributed by atoms with Gasteiger partial charge in [-0.25, -0.2) is 4.79 Å². The number of piperidine rings is 1. The number of urea groups is 1. The summed E-state index contributed by atoms with van der Waals surface area (Å²) in [4.78, 5) is 25.1. The molecule has 21 heavy (non-hydrogen) atoms. The minimum atomic E-state index is -0.464. The minimum absolute atomic E-state index is 0.300. The molecule has 2 heterocycles. The van der Waals surface area contributed by atoms with Crippen LogP contribution in [0.2, 0.25) is 0 Å². The van der Waals surface area contributed by atoms with Gasteiger partial charge in [-0.15, -0.1) is 0 Å². The Morgan fingerprint density at radius 1 is 1.10 bits per heavy atom. The average Bonchev–Trinajstić information content (AvgIpc) is 2.80. The van der Waals surface area contributed by atoms with Gasteiger partial charge in [0.15, 0.2) is 0 Å². The summed E-state index contributed by atoms with van der Waals surface area (Å²) in [7, 11) is 0. The molecule has 110 valence electrons. The molecule has 0 atom stereocenters. The highest BCUT2D eigenvalue weighted by atomic mass is 16.2. The maximum absolute atomic E-state index is 11.5. The molecular formula is C16H19N3O2. The molecule has 0 spiro atoms. The lowest BCUT2D eigenvalue weighted by Gasteiger charge is -2.29. The number of aryl methyl sites for hydroxylation is 1. The van der Waals surface area contributed by atoms with Crippen LogP contribution in [0.15, 0.2) is 23.9 Å². The normalized spacial score (nSPS) is 20.6. The van der Waals surface area contributed by atoms with Crippen molar-refractivity contribution in [1.82, 2.24) is 10.6 Å². The van der Waals surface area contributed by atoms with E-state index in [1.165, 1.54) is 24.9 Å². The second-order valence-corrected chi connectivity index (χ2v) is 5.55. The Labute approximate surface area is 124 Å². The predicted octanol–water partition coefficient (Wildman–Crippen LogP) is 2.17. The number of carbonyl (C=O) groups is 2. The fraction of sp³-hybridized carbons (Fsp3) is 0.375. The van der Waals surface area contributed by atoms with E-state index in [0.29, 0.717) is 5.70 Å². The lowest BCUT2D eigenvalue weighted by atomic mass is 10.0. The highest BCUT2D eigenvalue weighted by molar-refractivity contribution is 6.14. The molecule has 2 fully saturated rings. The van der Waals surface area contributed by atoms with Crippen LogP contribution in [0.4, 0.5) is 10.5 Å². The smallest absolute Gasteiger partial charge is 0.326 e. The van der Waals surface area contributed by atoms with Gasteiger partial charge in [-0.05, 0) is 55.5 Å². The number of carbonyl (C=O) groups excluding carboxylic acids is 2. The van der Waals surface area contributed by atoms with Gasteiger partial charge in [-0.3, -0.25) is 10.1 Å². The molecule has 0 unspecified atom stereocenters. The zero-order chi connectivity index (χ0) is 14.8. The molecule has 0 aliphatic carbocycles. The van der Waals surface area contributed by atoms with Crippen molar-refractivity contribution in [2.24, 2.45) is 0 Å². The maximum atomic E-state index is 11.5. The Morgan fingerprint density at radius 2 is 1.86 bits per heavy atom. The number of anilines is 1. The van der Waals surface area contributed by atoms with Gasteiger partial charge in [0.1, 0.15) is 5.70 Å². The number of nitrogens with one attached hydrogen (secondary N) is 2. The van der Waals surface area contributed by atoms with Gasteiger partial charge in [-0.1, -0.05) is 6.07 Å². The van der Waals surface area contributed by atoms with E-state index in [1.54, 1.807) is 6.08 Å². The van der Waals surface area contributed by atoms with Gasteiger partial charge in [0, 0.05) is 18.8 Å². The lowest BCUT2D eigenvalue weighted by Crippen LogP contribution is -2.29. The van der Waals surface area contributed by atoms with Crippen LogP contribution in [0.1, 0.15) is 30.4 Å². The molecule has 2 aliphatic heterocycles. The fourth-order valence-corrected chi connectivity index (χ4v) is 2.81. The summed E-state index contributed by atoms with van der Waals surface area (Å²) in [5.41, 5.74) is 3.57. The summed E-state index contributed by atoms with van der Waals surface area (Å²) in [6.07, 6.45) is 5.53. The van der Waals surface area contributed by atoms with Crippen molar-refractivity contribution < 1.29 is 9.59 Å². The Balaban J connectivity index is 1.83. The average molecular weight is 285 g/mol. The molecule has 2 aliphatic rings. The topological polar surface area (TPSA) is 61.4 Å². The first-order valence-electron chi connectivity index (χ1n) is 7.33. The summed E-state index contributed by atoms with van der Waals surface area (Å²) in [6.45, 7) is 4.24. The molecule has 1 aromatic carbocycles. The Kier molecular flexibility index (Phi) is 3.64. The molecule has 0 bridgehead atoms. The number of amides is 3. The molecule has 0 radical (unpaired) electrons. The van der Waals surface area contributed by atoms with E-state index in [1.807, 2.05) is 13.0 Å². The predicted molar refractivity (Wildman–Crippen MR) is 81.9 cm³/mol. The standard InChI is InChI=1S/C16H19N3O2/c1-11-9-13(19-7-3-2-4-8-19)6-5-12(11)10-14-15(20)18-16(21)17-14/h5-6,9-10H,2-4,7-8H2,1H3,(H2,17,18,20,21). The molecule has 1 aromatic rings. The van der Waals surface area contributed by atoms with E-state index in [-0.39, 0.29) is 5.91 Å². The van der Waals surface area contributed by atoms with E-state index < -0.39 is 6.03 Å². The van der Waals surface area contributed by atoms with Crippen molar-refractivity contribution in [3.05, 3.63) is 35.0 Å². The van der Waals surface area contributed by atoms with Crippen LogP contribution < -0.4 is 15.5 Å². The van der Waals surface area contributed by atoms with Crippen LogP contribution in [0.25, 0.3) is 6.08 Å². The van der Waals surface area contributed by atoms with Gasteiger partial charge in [0.2, 0.25) is 0 Å². The summed E-state index contributed by atoms with van der Waals surface area (Å²) >= 11 is 0. The Bertz CT molecular complexity index is 616. The van der Waals surface area contributed by atoms with Gasteiger partial charge >= 0.3 is 6.03 Å². The first kappa shape index (κ1) is 13.7. The molecule has 0 saturated carbocycles. The largest absolute Gasteiger partial charge is 0.372 e. The van der Waals surface area contributed by atoms with E-state index in [0.717, 1.165) is 24.2 Å². The third-order valence-electron chi connectivity index (χ3n) is 3.99. The summed E-state index contributed by atoms with van der Waals surface area (Å²) in [6, 6.07) is 5.77. The maximum Gasteiger partial charge on any atom is 0.326 e. The molecule has 2 N–H and O–H groups in total. The van der Waals surface area contributed by atoms with Crippen LogP contribution in [0.5, 0.6) is 0 Å². The number of nitrogens with zero attached hydrogens (tertiary/aromatic N) is 1. The number of rotatable bonds is 2. The van der Waals surface area contributed by atoms with Crippen LogP contribution in [0, 0.1) is 6.92 Å².